The van der Waals surface area contributed by atoms with Crippen molar-refractivity contribution in [2.75, 3.05) is 20.8 Å². The Labute approximate surface area is 140 Å². The number of ether oxygens (including phenoxy) is 2. The van der Waals surface area contributed by atoms with Crippen molar-refractivity contribution in [2.45, 2.75) is 32.2 Å². The minimum atomic E-state index is -0.169. The topological polar surface area (TPSA) is 77.7 Å². The number of benzene rings is 1. The summed E-state index contributed by atoms with van der Waals surface area (Å²) in [7, 11) is 3.12. The van der Waals surface area contributed by atoms with Crippen LogP contribution < -0.4 is 9.47 Å². The van der Waals surface area contributed by atoms with Gasteiger partial charge in [-0.3, -0.25) is 4.79 Å². The van der Waals surface area contributed by atoms with Gasteiger partial charge in [-0.15, -0.1) is 0 Å². The van der Waals surface area contributed by atoms with Crippen molar-refractivity contribution in [3.8, 4) is 11.5 Å². The molecule has 1 fully saturated rings. The first-order valence-electron chi connectivity index (χ1n) is 8.03. The molecule has 0 bridgehead atoms. The van der Waals surface area contributed by atoms with Crippen molar-refractivity contribution in [1.29, 1.82) is 0 Å². The van der Waals surface area contributed by atoms with Crippen LogP contribution in [0.25, 0.3) is 0 Å². The third-order valence-electron chi connectivity index (χ3n) is 4.24. The molecule has 1 aliphatic heterocycles. The minimum Gasteiger partial charge on any atom is -0.497 e. The number of likely N-dealkylation sites (tertiary alicyclic amines) is 1. The van der Waals surface area contributed by atoms with Gasteiger partial charge in [-0.1, -0.05) is 12.1 Å². The lowest BCUT2D eigenvalue weighted by Gasteiger charge is -2.23. The number of methoxy groups -OCH3 is 2. The van der Waals surface area contributed by atoms with Gasteiger partial charge in [-0.2, -0.15) is 4.98 Å². The highest BCUT2D eigenvalue weighted by atomic mass is 16.5. The Morgan fingerprint density at radius 1 is 1.38 bits per heavy atom. The van der Waals surface area contributed by atoms with Gasteiger partial charge in [0.1, 0.15) is 11.5 Å². The molecule has 1 saturated heterocycles. The maximum atomic E-state index is 13.1. The van der Waals surface area contributed by atoms with E-state index in [2.05, 4.69) is 10.1 Å². The Balaban J connectivity index is 1.91. The van der Waals surface area contributed by atoms with E-state index in [9.17, 15) is 4.79 Å². The molecule has 0 N–H and O–H groups in total. The molecule has 7 nitrogen and oxygen atoms in total. The first kappa shape index (κ1) is 16.3. The lowest BCUT2D eigenvalue weighted by Crippen LogP contribution is -2.31. The van der Waals surface area contributed by atoms with Crippen molar-refractivity contribution in [1.82, 2.24) is 15.0 Å². The van der Waals surface area contributed by atoms with Crippen LogP contribution >= 0.6 is 0 Å². The molecule has 24 heavy (non-hydrogen) atoms. The highest BCUT2D eigenvalue weighted by Gasteiger charge is 2.35. The van der Waals surface area contributed by atoms with Gasteiger partial charge in [0.2, 0.25) is 5.89 Å². The number of hydrogen-bond acceptors (Lipinski definition) is 6. The van der Waals surface area contributed by atoms with Crippen molar-refractivity contribution in [3.63, 3.8) is 0 Å². The molecular formula is C17H21N3O4. The standard InChI is InChI=1S/C17H21N3O4/c1-4-15-18-16(19-24-15)13-6-5-9-20(13)17(21)12-10-11(22-2)7-8-14(12)23-3/h7-8,10,13H,4-6,9H2,1-3H3. The molecule has 3 rings (SSSR count). The molecule has 1 aromatic carbocycles. The van der Waals surface area contributed by atoms with Crippen LogP contribution in [-0.2, 0) is 6.42 Å². The molecule has 1 atom stereocenters. The van der Waals surface area contributed by atoms with Crippen LogP contribution in [0.5, 0.6) is 11.5 Å². The minimum absolute atomic E-state index is 0.115. The second-order valence-electron chi connectivity index (χ2n) is 5.62. The largest absolute Gasteiger partial charge is 0.497 e. The van der Waals surface area contributed by atoms with Gasteiger partial charge in [-0.05, 0) is 31.0 Å². The summed E-state index contributed by atoms with van der Waals surface area (Å²) in [6.45, 7) is 2.61. The van der Waals surface area contributed by atoms with Gasteiger partial charge >= 0.3 is 0 Å². The fourth-order valence-corrected chi connectivity index (χ4v) is 2.96. The summed E-state index contributed by atoms with van der Waals surface area (Å²) in [6, 6.07) is 5.03. The molecule has 0 radical (unpaired) electrons. The van der Waals surface area contributed by atoms with E-state index < -0.39 is 0 Å². The third kappa shape index (κ3) is 2.93. The summed E-state index contributed by atoms with van der Waals surface area (Å²) in [4.78, 5) is 19.2. The molecule has 2 aromatic rings. The van der Waals surface area contributed by atoms with E-state index in [1.165, 1.54) is 0 Å². The number of hydrogen-bond donors (Lipinski definition) is 0. The molecule has 0 saturated carbocycles. The van der Waals surface area contributed by atoms with Gasteiger partial charge in [0.05, 0.1) is 25.8 Å². The molecule has 0 aliphatic carbocycles. The van der Waals surface area contributed by atoms with Gasteiger partial charge in [0, 0.05) is 13.0 Å². The summed E-state index contributed by atoms with van der Waals surface area (Å²) in [6.07, 6.45) is 2.40. The van der Waals surface area contributed by atoms with Crippen molar-refractivity contribution in [2.24, 2.45) is 0 Å². The van der Waals surface area contributed by atoms with Crippen molar-refractivity contribution >= 4 is 5.91 Å². The zero-order valence-electron chi connectivity index (χ0n) is 14.1. The van der Waals surface area contributed by atoms with Crippen LogP contribution in [0.3, 0.4) is 0 Å². The van der Waals surface area contributed by atoms with E-state index in [1.807, 2.05) is 6.92 Å². The van der Waals surface area contributed by atoms with Crippen molar-refractivity contribution < 1.29 is 18.8 Å². The average molecular weight is 331 g/mol. The van der Waals surface area contributed by atoms with E-state index >= 15 is 0 Å². The number of carbonyl (C=O) groups excluding carboxylic acids is 1. The molecule has 2 heterocycles. The molecule has 128 valence electrons. The van der Waals surface area contributed by atoms with Crippen LogP contribution in [0, 0.1) is 0 Å². The SMILES string of the molecule is CCc1nc(C2CCCN2C(=O)c2cc(OC)ccc2OC)no1. The quantitative estimate of drug-likeness (QED) is 0.838. The smallest absolute Gasteiger partial charge is 0.258 e. The number of carbonyl (C=O) groups is 1. The molecule has 7 heteroatoms. The zero-order valence-corrected chi connectivity index (χ0v) is 14.1. The first-order valence-corrected chi connectivity index (χ1v) is 8.03. The molecule has 0 spiro atoms. The average Bonchev–Trinajstić information content (AvgIpc) is 3.28. The second kappa shape index (κ2) is 6.90. The number of aromatic nitrogens is 2. The molecular weight excluding hydrogens is 310 g/mol. The second-order valence-corrected chi connectivity index (χ2v) is 5.62. The fraction of sp³-hybridized carbons (Fsp3) is 0.471. The Hall–Kier alpha value is -2.57. The number of aryl methyl sites for hydroxylation is 1. The van der Waals surface area contributed by atoms with Crippen LogP contribution in [0.15, 0.2) is 22.7 Å². The van der Waals surface area contributed by atoms with E-state index in [0.717, 1.165) is 12.8 Å². The van der Waals surface area contributed by atoms with Gasteiger partial charge in [-0.25, -0.2) is 0 Å². The van der Waals surface area contributed by atoms with E-state index in [1.54, 1.807) is 37.3 Å². The zero-order chi connectivity index (χ0) is 17.1. The lowest BCUT2D eigenvalue weighted by molar-refractivity contribution is 0.0724. The van der Waals surface area contributed by atoms with Crippen LogP contribution in [0.1, 0.15) is 47.9 Å². The number of rotatable bonds is 5. The maximum absolute atomic E-state index is 13.1. The van der Waals surface area contributed by atoms with E-state index in [0.29, 0.717) is 41.7 Å². The molecule has 1 amide bonds. The number of nitrogens with zero attached hydrogens (tertiary/aromatic N) is 3. The van der Waals surface area contributed by atoms with E-state index in [-0.39, 0.29) is 11.9 Å². The maximum Gasteiger partial charge on any atom is 0.258 e. The van der Waals surface area contributed by atoms with Gasteiger partial charge < -0.3 is 18.9 Å². The molecule has 1 aliphatic rings. The van der Waals surface area contributed by atoms with E-state index in [4.69, 9.17) is 14.0 Å². The Kier molecular flexibility index (Phi) is 4.69. The lowest BCUT2D eigenvalue weighted by atomic mass is 10.1. The third-order valence-corrected chi connectivity index (χ3v) is 4.24. The summed E-state index contributed by atoms with van der Waals surface area (Å²) in [5.41, 5.74) is 0.475. The fourth-order valence-electron chi connectivity index (χ4n) is 2.96. The van der Waals surface area contributed by atoms with Gasteiger partial charge in [0.25, 0.3) is 5.91 Å². The number of amides is 1. The summed E-state index contributed by atoms with van der Waals surface area (Å²) >= 11 is 0. The highest BCUT2D eigenvalue weighted by Crippen LogP contribution is 2.34. The van der Waals surface area contributed by atoms with Crippen LogP contribution in [-0.4, -0.2) is 41.7 Å². The summed E-state index contributed by atoms with van der Waals surface area (Å²) in [5.74, 6) is 2.18. The van der Waals surface area contributed by atoms with Crippen LogP contribution in [0.2, 0.25) is 0 Å². The Bertz CT molecular complexity index is 728. The predicted octanol–water partition coefficient (Wildman–Crippen LogP) is 2.63. The van der Waals surface area contributed by atoms with Crippen LogP contribution in [0.4, 0.5) is 0 Å². The molecule has 1 unspecified atom stereocenters. The monoisotopic (exact) mass is 331 g/mol. The summed E-state index contributed by atoms with van der Waals surface area (Å²) < 4.78 is 15.8. The van der Waals surface area contributed by atoms with Crippen molar-refractivity contribution in [3.05, 3.63) is 35.5 Å². The van der Waals surface area contributed by atoms with Gasteiger partial charge in [0.15, 0.2) is 5.82 Å². The Morgan fingerprint density at radius 3 is 2.88 bits per heavy atom. The predicted molar refractivity (Wildman–Crippen MR) is 86.2 cm³/mol. The highest BCUT2D eigenvalue weighted by molar-refractivity contribution is 5.97. The first-order chi connectivity index (χ1) is 11.7. The molecule has 1 aromatic heterocycles. The Morgan fingerprint density at radius 2 is 2.21 bits per heavy atom. The normalized spacial score (nSPS) is 17.1. The summed E-state index contributed by atoms with van der Waals surface area (Å²) in [5, 5.41) is 4.04.